The highest BCUT2D eigenvalue weighted by molar-refractivity contribution is 5.05. The molecule has 0 bridgehead atoms. The van der Waals surface area contributed by atoms with E-state index in [2.05, 4.69) is 6.58 Å². The van der Waals surface area contributed by atoms with Gasteiger partial charge < -0.3 is 10.2 Å². The van der Waals surface area contributed by atoms with E-state index in [-0.39, 0.29) is 6.10 Å². The molecule has 0 aliphatic rings. The van der Waals surface area contributed by atoms with E-state index in [0.29, 0.717) is 0 Å². The summed E-state index contributed by atoms with van der Waals surface area (Å²) in [5.74, 6) is 0. The lowest BCUT2D eigenvalue weighted by Gasteiger charge is -2.20. The molecule has 0 rings (SSSR count). The zero-order valence-corrected chi connectivity index (χ0v) is 8.89. The van der Waals surface area contributed by atoms with Crippen molar-refractivity contribution in [2.75, 3.05) is 0 Å². The minimum absolute atomic E-state index is 0.167. The molecule has 12 heavy (non-hydrogen) atoms. The van der Waals surface area contributed by atoms with Crippen molar-refractivity contribution in [1.82, 2.24) is 0 Å². The van der Waals surface area contributed by atoms with Crippen molar-refractivity contribution in [2.24, 2.45) is 0 Å². The molecule has 2 N–H and O–H groups in total. The predicted molar refractivity (Wildman–Crippen MR) is 53.1 cm³/mol. The molecule has 0 saturated heterocycles. The molecule has 0 aromatic heterocycles. The van der Waals surface area contributed by atoms with Gasteiger partial charge >= 0.3 is 0 Å². The third-order valence-electron chi connectivity index (χ3n) is 1.61. The van der Waals surface area contributed by atoms with Gasteiger partial charge in [-0.1, -0.05) is 13.5 Å². The maximum atomic E-state index is 9.30. The average molecular weight is 174 g/mol. The van der Waals surface area contributed by atoms with Gasteiger partial charge in [-0.25, -0.2) is 0 Å². The van der Waals surface area contributed by atoms with Crippen molar-refractivity contribution >= 4 is 0 Å². The standard InChI is InChI=1S/C7H14O.C3H8O/c1-5-7(4,8)6(2)3;1-3(2)4/h8H,2,5H2,1,3-4H3;3-4H,1-2H3. The lowest BCUT2D eigenvalue weighted by atomic mass is 9.96. The first-order valence-electron chi connectivity index (χ1n) is 4.30. The van der Waals surface area contributed by atoms with Gasteiger partial charge in [-0.15, -0.1) is 0 Å². The molecule has 0 spiro atoms. The first kappa shape index (κ1) is 14.2. The smallest absolute Gasteiger partial charge is 0.0820 e. The van der Waals surface area contributed by atoms with Crippen LogP contribution in [0.15, 0.2) is 12.2 Å². The van der Waals surface area contributed by atoms with Crippen molar-refractivity contribution in [3.8, 4) is 0 Å². The van der Waals surface area contributed by atoms with Gasteiger partial charge in [-0.2, -0.15) is 0 Å². The largest absolute Gasteiger partial charge is 0.394 e. The van der Waals surface area contributed by atoms with E-state index in [4.69, 9.17) is 5.11 Å². The SMILES string of the molecule is C=C(C)C(C)(O)CC.CC(C)O. The van der Waals surface area contributed by atoms with Gasteiger partial charge in [0.2, 0.25) is 0 Å². The third-order valence-corrected chi connectivity index (χ3v) is 1.61. The van der Waals surface area contributed by atoms with Crippen LogP contribution in [0.2, 0.25) is 0 Å². The quantitative estimate of drug-likeness (QED) is 0.629. The highest BCUT2D eigenvalue weighted by Gasteiger charge is 2.16. The van der Waals surface area contributed by atoms with Crippen molar-refractivity contribution < 1.29 is 10.2 Å². The van der Waals surface area contributed by atoms with E-state index in [1.807, 2.05) is 13.8 Å². The molecule has 0 amide bonds. The summed E-state index contributed by atoms with van der Waals surface area (Å²) in [6.07, 6.45) is 0.572. The van der Waals surface area contributed by atoms with Crippen LogP contribution >= 0.6 is 0 Å². The fraction of sp³-hybridized carbons (Fsp3) is 0.800. The monoisotopic (exact) mass is 174 g/mol. The van der Waals surface area contributed by atoms with Crippen LogP contribution in [0.3, 0.4) is 0 Å². The Labute approximate surface area is 75.9 Å². The van der Waals surface area contributed by atoms with E-state index < -0.39 is 5.60 Å². The third kappa shape index (κ3) is 9.66. The fourth-order valence-corrected chi connectivity index (χ4v) is 0.302. The topological polar surface area (TPSA) is 40.5 Å². The minimum Gasteiger partial charge on any atom is -0.394 e. The number of rotatable bonds is 2. The first-order valence-corrected chi connectivity index (χ1v) is 4.30. The Balaban J connectivity index is 0. The molecule has 0 aliphatic carbocycles. The fourth-order valence-electron chi connectivity index (χ4n) is 0.302. The van der Waals surface area contributed by atoms with Crippen LogP contribution in [0, 0.1) is 0 Å². The molecule has 0 heterocycles. The predicted octanol–water partition coefficient (Wildman–Crippen LogP) is 2.11. The van der Waals surface area contributed by atoms with E-state index >= 15 is 0 Å². The Morgan fingerprint density at radius 1 is 1.50 bits per heavy atom. The Hall–Kier alpha value is -0.340. The van der Waals surface area contributed by atoms with E-state index in [1.54, 1.807) is 20.8 Å². The lowest BCUT2D eigenvalue weighted by molar-refractivity contribution is 0.0951. The summed E-state index contributed by atoms with van der Waals surface area (Å²) in [4.78, 5) is 0. The molecular formula is C10H22O2. The molecule has 0 aromatic rings. The van der Waals surface area contributed by atoms with Crippen LogP contribution in [0.25, 0.3) is 0 Å². The number of aliphatic hydroxyl groups excluding tert-OH is 1. The average Bonchev–Trinajstić information content (AvgIpc) is 1.86. The minimum atomic E-state index is -0.653. The van der Waals surface area contributed by atoms with Gasteiger partial charge in [-0.05, 0) is 39.7 Å². The summed E-state index contributed by atoms with van der Waals surface area (Å²) in [5.41, 5.74) is 0.181. The van der Waals surface area contributed by atoms with Crippen molar-refractivity contribution in [2.45, 2.75) is 52.7 Å². The highest BCUT2D eigenvalue weighted by atomic mass is 16.3. The maximum Gasteiger partial charge on any atom is 0.0820 e. The summed E-state index contributed by atoms with van der Waals surface area (Å²) in [6, 6.07) is 0. The van der Waals surface area contributed by atoms with Crippen molar-refractivity contribution in [3.05, 3.63) is 12.2 Å². The normalized spacial score (nSPS) is 14.7. The van der Waals surface area contributed by atoms with Gasteiger partial charge in [0.1, 0.15) is 0 Å². The van der Waals surface area contributed by atoms with Crippen molar-refractivity contribution in [3.63, 3.8) is 0 Å². The molecule has 1 unspecified atom stereocenters. The summed E-state index contributed by atoms with van der Waals surface area (Å²) < 4.78 is 0. The molecule has 74 valence electrons. The van der Waals surface area contributed by atoms with Crippen LogP contribution < -0.4 is 0 Å². The van der Waals surface area contributed by atoms with Gasteiger partial charge in [0.15, 0.2) is 0 Å². The van der Waals surface area contributed by atoms with Crippen LogP contribution in [0.4, 0.5) is 0 Å². The molecule has 0 aliphatic heterocycles. The summed E-state index contributed by atoms with van der Waals surface area (Å²) in [5, 5.41) is 17.4. The highest BCUT2D eigenvalue weighted by Crippen LogP contribution is 2.16. The van der Waals surface area contributed by atoms with Crippen LogP contribution in [0.5, 0.6) is 0 Å². The molecule has 0 radical (unpaired) electrons. The molecule has 2 nitrogen and oxygen atoms in total. The number of hydrogen-bond donors (Lipinski definition) is 2. The molecule has 0 saturated carbocycles. The van der Waals surface area contributed by atoms with E-state index in [0.717, 1.165) is 12.0 Å². The van der Waals surface area contributed by atoms with Gasteiger partial charge in [-0.3, -0.25) is 0 Å². The summed E-state index contributed by atoms with van der Waals surface area (Å²) >= 11 is 0. The number of hydrogen-bond acceptors (Lipinski definition) is 2. The first-order chi connectivity index (χ1) is 5.24. The lowest BCUT2D eigenvalue weighted by Crippen LogP contribution is -2.23. The second kappa shape index (κ2) is 6.21. The van der Waals surface area contributed by atoms with Crippen LogP contribution in [0.1, 0.15) is 41.0 Å². The zero-order valence-electron chi connectivity index (χ0n) is 8.89. The van der Waals surface area contributed by atoms with Crippen LogP contribution in [-0.4, -0.2) is 21.9 Å². The molecule has 0 aromatic carbocycles. The van der Waals surface area contributed by atoms with E-state index in [9.17, 15) is 5.11 Å². The Morgan fingerprint density at radius 2 is 1.75 bits per heavy atom. The zero-order chi connectivity index (χ0) is 10.4. The van der Waals surface area contributed by atoms with Gasteiger partial charge in [0.25, 0.3) is 0 Å². The Morgan fingerprint density at radius 3 is 1.75 bits per heavy atom. The van der Waals surface area contributed by atoms with Crippen LogP contribution in [-0.2, 0) is 0 Å². The van der Waals surface area contributed by atoms with Gasteiger partial charge in [0, 0.05) is 6.10 Å². The number of aliphatic hydroxyl groups is 2. The molecule has 2 heteroatoms. The molecular weight excluding hydrogens is 152 g/mol. The summed E-state index contributed by atoms with van der Waals surface area (Å²) in [6.45, 7) is 12.6. The van der Waals surface area contributed by atoms with Crippen molar-refractivity contribution in [1.29, 1.82) is 0 Å². The molecule has 1 atom stereocenters. The molecule has 0 fully saturated rings. The summed E-state index contributed by atoms with van der Waals surface area (Å²) in [7, 11) is 0. The second-order valence-electron chi connectivity index (χ2n) is 3.50. The maximum absolute atomic E-state index is 9.30. The second-order valence-corrected chi connectivity index (χ2v) is 3.50. The van der Waals surface area contributed by atoms with E-state index in [1.165, 1.54) is 0 Å². The Kier molecular flexibility index (Phi) is 7.34. The van der Waals surface area contributed by atoms with Gasteiger partial charge in [0.05, 0.1) is 5.60 Å². The Bertz CT molecular complexity index is 123.